The zero-order valence-corrected chi connectivity index (χ0v) is 8.28. The van der Waals surface area contributed by atoms with Crippen molar-refractivity contribution in [2.75, 3.05) is 6.54 Å². The minimum atomic E-state index is 0.499. The van der Waals surface area contributed by atoms with Crippen molar-refractivity contribution in [3.8, 4) is 0 Å². The molecule has 0 amide bonds. The van der Waals surface area contributed by atoms with Gasteiger partial charge in [-0.15, -0.1) is 0 Å². The van der Waals surface area contributed by atoms with Crippen LogP contribution in [-0.4, -0.2) is 12.1 Å². The van der Waals surface area contributed by atoms with Gasteiger partial charge in [-0.3, -0.25) is 0 Å². The van der Waals surface area contributed by atoms with E-state index in [0.29, 0.717) is 5.54 Å². The van der Waals surface area contributed by atoms with E-state index in [1.54, 1.807) is 0 Å². The fourth-order valence-corrected chi connectivity index (χ4v) is 1.70. The molecular formula is C10H21N. The molecule has 1 heteroatoms. The van der Waals surface area contributed by atoms with Gasteiger partial charge in [-0.2, -0.15) is 0 Å². The normalized spacial score (nSPS) is 36.3. The molecule has 0 heterocycles. The van der Waals surface area contributed by atoms with Crippen molar-refractivity contribution in [1.82, 2.24) is 5.32 Å². The van der Waals surface area contributed by atoms with Gasteiger partial charge in [0.2, 0.25) is 0 Å². The Balaban J connectivity index is 2.18. The molecule has 1 nitrogen and oxygen atoms in total. The molecule has 0 bridgehead atoms. The first-order valence-electron chi connectivity index (χ1n) is 4.83. The summed E-state index contributed by atoms with van der Waals surface area (Å²) >= 11 is 0. The Labute approximate surface area is 70.6 Å². The summed E-state index contributed by atoms with van der Waals surface area (Å²) in [5.74, 6) is 1.73. The minimum absolute atomic E-state index is 0.499. The zero-order chi connectivity index (χ0) is 8.48. The molecular weight excluding hydrogens is 134 g/mol. The second-order valence-electron chi connectivity index (χ2n) is 4.50. The molecule has 1 N–H and O–H groups in total. The third-order valence-corrected chi connectivity index (χ3v) is 2.82. The van der Waals surface area contributed by atoms with Crippen LogP contribution in [0.3, 0.4) is 0 Å². The predicted octanol–water partition coefficient (Wildman–Crippen LogP) is 2.42. The van der Waals surface area contributed by atoms with Crippen LogP contribution in [0.15, 0.2) is 0 Å². The highest BCUT2D eigenvalue weighted by molar-refractivity contribution is 5.05. The smallest absolute Gasteiger partial charge is 0.0185 e. The van der Waals surface area contributed by atoms with Crippen LogP contribution >= 0.6 is 0 Å². The van der Waals surface area contributed by atoms with Gasteiger partial charge in [0, 0.05) is 5.54 Å². The van der Waals surface area contributed by atoms with Crippen LogP contribution in [0, 0.1) is 11.8 Å². The molecule has 0 aromatic heterocycles. The van der Waals surface area contributed by atoms with Crippen molar-refractivity contribution in [3.05, 3.63) is 0 Å². The highest BCUT2D eigenvalue weighted by atomic mass is 15.0. The van der Waals surface area contributed by atoms with Crippen molar-refractivity contribution in [2.24, 2.45) is 11.8 Å². The number of hydrogen-bond donors (Lipinski definition) is 1. The molecule has 2 atom stereocenters. The third kappa shape index (κ3) is 2.19. The first-order valence-corrected chi connectivity index (χ1v) is 4.83. The standard InChI is InChI=1S/C10H21N/c1-5-9-6-10(9,4)11-7-8(2)3/h8-9,11H,5-7H2,1-4H3. The Kier molecular flexibility index (Phi) is 2.58. The summed E-state index contributed by atoms with van der Waals surface area (Å²) in [6.45, 7) is 10.3. The topological polar surface area (TPSA) is 12.0 Å². The summed E-state index contributed by atoms with van der Waals surface area (Å²) in [5, 5.41) is 3.63. The second-order valence-corrected chi connectivity index (χ2v) is 4.50. The average Bonchev–Trinajstić information content (AvgIpc) is 2.59. The lowest BCUT2D eigenvalue weighted by atomic mass is 10.1. The molecule has 1 fully saturated rings. The van der Waals surface area contributed by atoms with Gasteiger partial charge in [-0.25, -0.2) is 0 Å². The summed E-state index contributed by atoms with van der Waals surface area (Å²) in [6, 6.07) is 0. The van der Waals surface area contributed by atoms with E-state index in [-0.39, 0.29) is 0 Å². The molecule has 1 aliphatic carbocycles. The molecule has 0 aromatic rings. The minimum Gasteiger partial charge on any atom is -0.311 e. The molecule has 1 aliphatic rings. The maximum atomic E-state index is 3.63. The van der Waals surface area contributed by atoms with Crippen molar-refractivity contribution in [2.45, 2.75) is 46.1 Å². The fraction of sp³-hybridized carbons (Fsp3) is 1.00. The third-order valence-electron chi connectivity index (χ3n) is 2.82. The van der Waals surface area contributed by atoms with Crippen LogP contribution in [0.25, 0.3) is 0 Å². The van der Waals surface area contributed by atoms with Gasteiger partial charge in [-0.05, 0) is 31.7 Å². The second kappa shape index (κ2) is 3.14. The van der Waals surface area contributed by atoms with Crippen molar-refractivity contribution in [3.63, 3.8) is 0 Å². The molecule has 0 saturated heterocycles. The lowest BCUT2D eigenvalue weighted by Gasteiger charge is -2.15. The Bertz CT molecular complexity index is 131. The Morgan fingerprint density at radius 1 is 1.55 bits per heavy atom. The van der Waals surface area contributed by atoms with Gasteiger partial charge in [0.1, 0.15) is 0 Å². The van der Waals surface area contributed by atoms with Crippen LogP contribution in [0.1, 0.15) is 40.5 Å². The van der Waals surface area contributed by atoms with Gasteiger partial charge in [-0.1, -0.05) is 27.2 Å². The highest BCUT2D eigenvalue weighted by Gasteiger charge is 2.47. The molecule has 2 unspecified atom stereocenters. The van der Waals surface area contributed by atoms with Crippen LogP contribution in [0.5, 0.6) is 0 Å². The van der Waals surface area contributed by atoms with Crippen LogP contribution in [0.2, 0.25) is 0 Å². The van der Waals surface area contributed by atoms with Gasteiger partial charge < -0.3 is 5.32 Å². The number of hydrogen-bond acceptors (Lipinski definition) is 1. The largest absolute Gasteiger partial charge is 0.311 e. The van der Waals surface area contributed by atoms with E-state index in [2.05, 4.69) is 33.0 Å². The lowest BCUT2D eigenvalue weighted by Crippen LogP contribution is -2.33. The number of nitrogens with one attached hydrogen (secondary N) is 1. The van der Waals surface area contributed by atoms with Crippen molar-refractivity contribution in [1.29, 1.82) is 0 Å². The molecule has 66 valence electrons. The lowest BCUT2D eigenvalue weighted by molar-refractivity contribution is 0.442. The summed E-state index contributed by atoms with van der Waals surface area (Å²) < 4.78 is 0. The van der Waals surface area contributed by atoms with Gasteiger partial charge in [0.25, 0.3) is 0 Å². The van der Waals surface area contributed by atoms with Crippen LogP contribution < -0.4 is 5.32 Å². The van der Waals surface area contributed by atoms with E-state index in [4.69, 9.17) is 0 Å². The van der Waals surface area contributed by atoms with Crippen molar-refractivity contribution < 1.29 is 0 Å². The average molecular weight is 155 g/mol. The molecule has 1 saturated carbocycles. The zero-order valence-electron chi connectivity index (χ0n) is 8.28. The van der Waals surface area contributed by atoms with E-state index in [9.17, 15) is 0 Å². The molecule has 0 aromatic carbocycles. The summed E-state index contributed by atoms with van der Waals surface area (Å²) in [4.78, 5) is 0. The predicted molar refractivity (Wildman–Crippen MR) is 49.6 cm³/mol. The van der Waals surface area contributed by atoms with E-state index in [1.165, 1.54) is 19.4 Å². The first-order chi connectivity index (χ1) is 5.08. The van der Waals surface area contributed by atoms with Crippen LogP contribution in [-0.2, 0) is 0 Å². The molecule has 0 radical (unpaired) electrons. The van der Waals surface area contributed by atoms with Gasteiger partial charge in [0.15, 0.2) is 0 Å². The SMILES string of the molecule is CCC1CC1(C)NCC(C)C. The maximum Gasteiger partial charge on any atom is 0.0185 e. The van der Waals surface area contributed by atoms with Crippen molar-refractivity contribution >= 4 is 0 Å². The van der Waals surface area contributed by atoms with E-state index in [0.717, 1.165) is 11.8 Å². The van der Waals surface area contributed by atoms with Gasteiger partial charge in [0.05, 0.1) is 0 Å². The van der Waals surface area contributed by atoms with Gasteiger partial charge >= 0.3 is 0 Å². The Morgan fingerprint density at radius 2 is 2.18 bits per heavy atom. The fourth-order valence-electron chi connectivity index (χ4n) is 1.70. The van der Waals surface area contributed by atoms with E-state index in [1.807, 2.05) is 0 Å². The summed E-state index contributed by atoms with van der Waals surface area (Å²) in [5.41, 5.74) is 0.499. The van der Waals surface area contributed by atoms with Crippen LogP contribution in [0.4, 0.5) is 0 Å². The first kappa shape index (κ1) is 9.05. The Hall–Kier alpha value is -0.0400. The van der Waals surface area contributed by atoms with E-state index >= 15 is 0 Å². The van der Waals surface area contributed by atoms with E-state index < -0.39 is 0 Å². The maximum absolute atomic E-state index is 3.63. The molecule has 1 rings (SSSR count). The number of rotatable bonds is 4. The monoisotopic (exact) mass is 155 g/mol. The summed E-state index contributed by atoms with van der Waals surface area (Å²) in [6.07, 6.45) is 2.72. The highest BCUT2D eigenvalue weighted by Crippen LogP contribution is 2.45. The molecule has 11 heavy (non-hydrogen) atoms. The Morgan fingerprint density at radius 3 is 2.55 bits per heavy atom. The quantitative estimate of drug-likeness (QED) is 0.657. The summed E-state index contributed by atoms with van der Waals surface area (Å²) in [7, 11) is 0. The molecule has 0 aliphatic heterocycles. The molecule has 0 spiro atoms.